The zero-order chi connectivity index (χ0) is 26.2. The molecule has 1 fully saturated rings. The molecule has 0 saturated heterocycles. The summed E-state index contributed by atoms with van der Waals surface area (Å²) < 4.78 is 43.9. The smallest absolute Gasteiger partial charge is 0.185 e. The fourth-order valence-corrected chi connectivity index (χ4v) is 5.00. The fourth-order valence-electron chi connectivity index (χ4n) is 5.00. The SMILES string of the molecule is C.CCc1cc(F)c(-c2nc(C(=O)Cc3cnccc3[C@H]3C[C@@H](N)[C@](C)(O)[C@@H](C)C3)ccc2F)c(F)c1. The van der Waals surface area contributed by atoms with Crippen LogP contribution in [-0.4, -0.2) is 32.5 Å². The number of nitrogens with zero attached hydrogens (tertiary/aromatic N) is 2. The first-order chi connectivity index (χ1) is 17.0. The second-order valence-electron chi connectivity index (χ2n) is 9.89. The minimum atomic E-state index is -0.978. The lowest BCUT2D eigenvalue weighted by Gasteiger charge is -2.44. The van der Waals surface area contributed by atoms with Gasteiger partial charge < -0.3 is 10.8 Å². The van der Waals surface area contributed by atoms with Gasteiger partial charge in [0.25, 0.3) is 0 Å². The number of ketones is 1. The molecule has 37 heavy (non-hydrogen) atoms. The molecule has 0 aliphatic heterocycles. The van der Waals surface area contributed by atoms with Crippen molar-refractivity contribution in [2.75, 3.05) is 0 Å². The van der Waals surface area contributed by atoms with E-state index in [2.05, 4.69) is 9.97 Å². The first-order valence-electron chi connectivity index (χ1n) is 12.1. The van der Waals surface area contributed by atoms with E-state index in [1.165, 1.54) is 6.07 Å². The van der Waals surface area contributed by atoms with E-state index < -0.39 is 46.1 Å². The van der Waals surface area contributed by atoms with E-state index >= 15 is 0 Å². The molecule has 2 aromatic heterocycles. The lowest BCUT2D eigenvalue weighted by molar-refractivity contribution is -0.0464. The van der Waals surface area contributed by atoms with E-state index in [4.69, 9.17) is 5.73 Å². The van der Waals surface area contributed by atoms with Crippen molar-refractivity contribution in [2.45, 2.75) is 71.4 Å². The average molecular weight is 514 g/mol. The minimum Gasteiger partial charge on any atom is -0.388 e. The Balaban J connectivity index is 0.00000380. The molecular formula is C29H34F3N3O2. The van der Waals surface area contributed by atoms with Crippen LogP contribution in [0, 0.1) is 23.4 Å². The van der Waals surface area contributed by atoms with Crippen LogP contribution in [0.3, 0.4) is 0 Å². The number of Topliss-reactive ketones (excluding diaryl/α,β-unsaturated/α-hetero) is 1. The Morgan fingerprint density at radius 1 is 1.14 bits per heavy atom. The highest BCUT2D eigenvalue weighted by atomic mass is 19.1. The van der Waals surface area contributed by atoms with Gasteiger partial charge in [0, 0.05) is 24.9 Å². The number of carbonyl (C=O) groups excluding carboxylic acids is 1. The number of aliphatic hydroxyl groups is 1. The summed E-state index contributed by atoms with van der Waals surface area (Å²) in [5.41, 5.74) is 6.06. The van der Waals surface area contributed by atoms with Gasteiger partial charge in [0.2, 0.25) is 0 Å². The first kappa shape index (κ1) is 28.5. The van der Waals surface area contributed by atoms with Crippen molar-refractivity contribution < 1.29 is 23.1 Å². The molecule has 0 spiro atoms. The van der Waals surface area contributed by atoms with Crippen LogP contribution in [0.2, 0.25) is 0 Å². The zero-order valence-electron chi connectivity index (χ0n) is 20.6. The van der Waals surface area contributed by atoms with E-state index in [1.807, 2.05) is 13.0 Å². The number of aromatic nitrogens is 2. The molecule has 1 aliphatic rings. The van der Waals surface area contributed by atoms with Gasteiger partial charge in [-0.3, -0.25) is 9.78 Å². The van der Waals surface area contributed by atoms with Crippen LogP contribution in [0.4, 0.5) is 13.2 Å². The molecule has 3 N–H and O–H groups in total. The van der Waals surface area contributed by atoms with Gasteiger partial charge in [0.15, 0.2) is 5.78 Å². The van der Waals surface area contributed by atoms with Crippen LogP contribution in [0.5, 0.6) is 0 Å². The second kappa shape index (κ2) is 11.1. The number of aryl methyl sites for hydroxylation is 1. The molecule has 4 rings (SSSR count). The highest BCUT2D eigenvalue weighted by Gasteiger charge is 2.42. The summed E-state index contributed by atoms with van der Waals surface area (Å²) in [5.74, 6) is -3.25. The maximum Gasteiger partial charge on any atom is 0.185 e. The Bertz CT molecular complexity index is 1260. The number of nitrogens with two attached hydrogens (primary N) is 1. The largest absolute Gasteiger partial charge is 0.388 e. The molecule has 3 aromatic rings. The van der Waals surface area contributed by atoms with E-state index in [9.17, 15) is 23.1 Å². The van der Waals surface area contributed by atoms with Crippen molar-refractivity contribution in [2.24, 2.45) is 11.7 Å². The Kier molecular flexibility index (Phi) is 8.55. The summed E-state index contributed by atoms with van der Waals surface area (Å²) in [4.78, 5) is 21.4. The Morgan fingerprint density at radius 2 is 1.81 bits per heavy atom. The average Bonchev–Trinajstić information content (AvgIpc) is 2.83. The van der Waals surface area contributed by atoms with E-state index in [0.29, 0.717) is 30.4 Å². The molecule has 0 radical (unpaired) electrons. The molecule has 198 valence electrons. The van der Waals surface area contributed by atoms with E-state index in [1.54, 1.807) is 26.2 Å². The van der Waals surface area contributed by atoms with Gasteiger partial charge in [0.1, 0.15) is 28.8 Å². The maximum atomic E-state index is 14.7. The highest BCUT2D eigenvalue weighted by Crippen LogP contribution is 2.42. The molecule has 1 aliphatic carbocycles. The van der Waals surface area contributed by atoms with Crippen molar-refractivity contribution >= 4 is 5.78 Å². The van der Waals surface area contributed by atoms with Gasteiger partial charge in [-0.1, -0.05) is 21.3 Å². The van der Waals surface area contributed by atoms with Crippen molar-refractivity contribution in [1.82, 2.24) is 9.97 Å². The van der Waals surface area contributed by atoms with E-state index in [-0.39, 0.29) is 31.4 Å². The van der Waals surface area contributed by atoms with Crippen molar-refractivity contribution in [3.05, 3.63) is 82.6 Å². The number of hydrogen-bond acceptors (Lipinski definition) is 5. The van der Waals surface area contributed by atoms with Crippen LogP contribution in [-0.2, 0) is 12.8 Å². The molecule has 0 bridgehead atoms. The Hall–Kier alpha value is -3.10. The number of halogens is 3. The summed E-state index contributed by atoms with van der Waals surface area (Å²) in [6, 6.07) is 5.91. The molecule has 2 heterocycles. The molecule has 0 unspecified atom stereocenters. The van der Waals surface area contributed by atoms with Crippen molar-refractivity contribution in [3.8, 4) is 11.3 Å². The maximum absolute atomic E-state index is 14.7. The number of pyridine rings is 2. The predicted octanol–water partition coefficient (Wildman–Crippen LogP) is 5.78. The van der Waals surface area contributed by atoms with Crippen molar-refractivity contribution in [1.29, 1.82) is 0 Å². The normalized spacial score (nSPS) is 23.4. The second-order valence-corrected chi connectivity index (χ2v) is 9.89. The number of hydrogen-bond donors (Lipinski definition) is 2. The van der Waals surface area contributed by atoms with Gasteiger partial charge >= 0.3 is 0 Å². The third kappa shape index (κ3) is 5.60. The first-order valence-corrected chi connectivity index (χ1v) is 12.1. The summed E-state index contributed by atoms with van der Waals surface area (Å²) in [5, 5.41) is 10.7. The molecule has 1 saturated carbocycles. The molecule has 8 heteroatoms. The molecule has 5 nitrogen and oxygen atoms in total. The topological polar surface area (TPSA) is 89.1 Å². The quantitative estimate of drug-likeness (QED) is 0.408. The van der Waals surface area contributed by atoms with Crippen LogP contribution < -0.4 is 5.73 Å². The fraction of sp³-hybridized carbons (Fsp3) is 0.414. The Labute approximate surface area is 216 Å². The lowest BCUT2D eigenvalue weighted by atomic mass is 9.67. The number of benzene rings is 1. The molecule has 0 amide bonds. The number of carbonyl (C=O) groups is 1. The molecule has 1 aromatic carbocycles. The lowest BCUT2D eigenvalue weighted by Crippen LogP contribution is -2.54. The van der Waals surface area contributed by atoms with Crippen LogP contribution in [0.25, 0.3) is 11.3 Å². The van der Waals surface area contributed by atoms with Crippen LogP contribution in [0.15, 0.2) is 42.7 Å². The third-order valence-electron chi connectivity index (χ3n) is 7.54. The monoisotopic (exact) mass is 513 g/mol. The predicted molar refractivity (Wildman–Crippen MR) is 138 cm³/mol. The molecule has 4 atom stereocenters. The summed E-state index contributed by atoms with van der Waals surface area (Å²) >= 11 is 0. The summed E-state index contributed by atoms with van der Waals surface area (Å²) in [6.07, 6.45) is 4.83. The summed E-state index contributed by atoms with van der Waals surface area (Å²) in [6.45, 7) is 5.45. The van der Waals surface area contributed by atoms with Gasteiger partial charge in [-0.05, 0) is 85.0 Å². The molecular weight excluding hydrogens is 479 g/mol. The number of rotatable bonds is 6. The van der Waals surface area contributed by atoms with Gasteiger partial charge in [0.05, 0.1) is 11.2 Å². The third-order valence-corrected chi connectivity index (χ3v) is 7.54. The van der Waals surface area contributed by atoms with Crippen LogP contribution >= 0.6 is 0 Å². The van der Waals surface area contributed by atoms with Gasteiger partial charge in [-0.25, -0.2) is 18.2 Å². The Morgan fingerprint density at radius 3 is 2.43 bits per heavy atom. The van der Waals surface area contributed by atoms with Crippen molar-refractivity contribution in [3.63, 3.8) is 0 Å². The van der Waals surface area contributed by atoms with Crippen LogP contribution in [0.1, 0.15) is 74.1 Å². The summed E-state index contributed by atoms with van der Waals surface area (Å²) in [7, 11) is 0. The highest BCUT2D eigenvalue weighted by molar-refractivity contribution is 5.96. The van der Waals surface area contributed by atoms with E-state index in [0.717, 1.165) is 23.8 Å². The minimum absolute atomic E-state index is 0. The van der Waals surface area contributed by atoms with Gasteiger partial charge in [-0.2, -0.15) is 0 Å². The van der Waals surface area contributed by atoms with Gasteiger partial charge in [-0.15, -0.1) is 0 Å². The zero-order valence-corrected chi connectivity index (χ0v) is 20.6. The standard InChI is InChI=1S/C28H30F3N3O2.CH4/c1-4-16-10-21(30)26(22(31)11-16)27-20(29)5-6-23(34-27)24(35)12-18-14-33-8-7-19(18)17-9-15(2)28(3,36)25(32)13-17;/h5-8,10-11,14-15,17,25,36H,4,9,12-13,32H2,1-3H3;1H4/t15-,17+,25+,28+;/m0./s1.